The first-order valence-electron chi connectivity index (χ1n) is 6.79. The highest BCUT2D eigenvalue weighted by molar-refractivity contribution is 6.34. The summed E-state index contributed by atoms with van der Waals surface area (Å²) >= 11 is 6.10. The summed E-state index contributed by atoms with van der Waals surface area (Å²) in [6.45, 7) is 4.54. The summed E-state index contributed by atoms with van der Waals surface area (Å²) in [6.07, 6.45) is 0.426. The van der Waals surface area contributed by atoms with Crippen LogP contribution in [0.5, 0.6) is 0 Å². The number of halogens is 2. The van der Waals surface area contributed by atoms with Crippen LogP contribution in [0.25, 0.3) is 0 Å². The number of carbonyl (C=O) groups is 1. The highest BCUT2D eigenvalue weighted by atomic mass is 35.5. The van der Waals surface area contributed by atoms with Gasteiger partial charge in [0.15, 0.2) is 0 Å². The molecule has 4 nitrogen and oxygen atoms in total. The van der Waals surface area contributed by atoms with Gasteiger partial charge in [0.2, 0.25) is 0 Å². The molecule has 2 rings (SSSR count). The van der Waals surface area contributed by atoms with Gasteiger partial charge in [-0.3, -0.25) is 9.48 Å². The molecule has 0 radical (unpaired) electrons. The lowest BCUT2D eigenvalue weighted by Crippen LogP contribution is -2.28. The Labute approximate surface area is 127 Å². The van der Waals surface area contributed by atoms with E-state index in [2.05, 4.69) is 10.4 Å². The lowest BCUT2D eigenvalue weighted by Gasteiger charge is -2.08. The minimum absolute atomic E-state index is 0.265. The first kappa shape index (κ1) is 15.5. The molecule has 2 aromatic rings. The molecule has 6 heteroatoms. The SMILES string of the molecule is CCn1nc(C)c(Cl)c1C(=O)NCCc1ccccc1F. The Morgan fingerprint density at radius 3 is 2.81 bits per heavy atom. The third kappa shape index (κ3) is 3.42. The topological polar surface area (TPSA) is 46.9 Å². The molecule has 0 aliphatic heterocycles. The Morgan fingerprint density at radius 2 is 2.14 bits per heavy atom. The van der Waals surface area contributed by atoms with Gasteiger partial charge >= 0.3 is 0 Å². The summed E-state index contributed by atoms with van der Waals surface area (Å²) in [5, 5.41) is 7.31. The lowest BCUT2D eigenvalue weighted by atomic mass is 10.1. The molecule has 0 atom stereocenters. The molecule has 0 spiro atoms. The number of hydrogen-bond acceptors (Lipinski definition) is 2. The Morgan fingerprint density at radius 1 is 1.43 bits per heavy atom. The van der Waals surface area contributed by atoms with Gasteiger partial charge in [-0.25, -0.2) is 4.39 Å². The van der Waals surface area contributed by atoms with Gasteiger partial charge < -0.3 is 5.32 Å². The summed E-state index contributed by atoms with van der Waals surface area (Å²) < 4.78 is 15.0. The number of hydrogen-bond donors (Lipinski definition) is 1. The van der Waals surface area contributed by atoms with Gasteiger partial charge in [-0.15, -0.1) is 0 Å². The van der Waals surface area contributed by atoms with Gasteiger partial charge in [0.1, 0.15) is 11.5 Å². The zero-order valence-corrected chi connectivity index (χ0v) is 12.7. The first-order valence-corrected chi connectivity index (χ1v) is 7.17. The average molecular weight is 310 g/mol. The smallest absolute Gasteiger partial charge is 0.271 e. The van der Waals surface area contributed by atoms with E-state index in [1.807, 2.05) is 6.92 Å². The van der Waals surface area contributed by atoms with Gasteiger partial charge in [0.25, 0.3) is 5.91 Å². The Kier molecular flexibility index (Phi) is 4.96. The van der Waals surface area contributed by atoms with Crippen molar-refractivity contribution in [2.75, 3.05) is 6.54 Å². The van der Waals surface area contributed by atoms with Crippen molar-refractivity contribution < 1.29 is 9.18 Å². The first-order chi connectivity index (χ1) is 10.0. The number of nitrogens with zero attached hydrogens (tertiary/aromatic N) is 2. The normalized spacial score (nSPS) is 10.7. The fourth-order valence-corrected chi connectivity index (χ4v) is 2.32. The van der Waals surface area contributed by atoms with Gasteiger partial charge in [-0.2, -0.15) is 5.10 Å². The maximum Gasteiger partial charge on any atom is 0.271 e. The van der Waals surface area contributed by atoms with Gasteiger partial charge in [-0.05, 0) is 31.9 Å². The molecule has 1 N–H and O–H groups in total. The minimum Gasteiger partial charge on any atom is -0.350 e. The molecule has 0 aliphatic carbocycles. The Bertz CT molecular complexity index is 654. The second-order valence-electron chi connectivity index (χ2n) is 4.66. The van der Waals surface area contributed by atoms with Crippen LogP contribution in [0.2, 0.25) is 5.02 Å². The standard InChI is InChI=1S/C15H17ClFN3O/c1-3-20-14(13(16)10(2)19-20)15(21)18-9-8-11-6-4-5-7-12(11)17/h4-7H,3,8-9H2,1-2H3,(H,18,21). The predicted octanol–water partition coefficient (Wildman–Crippen LogP) is 2.98. The van der Waals surface area contributed by atoms with E-state index in [1.54, 1.807) is 29.8 Å². The number of nitrogens with one attached hydrogen (secondary N) is 1. The van der Waals surface area contributed by atoms with Crippen LogP contribution in [0.1, 0.15) is 28.7 Å². The third-order valence-electron chi connectivity index (χ3n) is 3.21. The lowest BCUT2D eigenvalue weighted by molar-refractivity contribution is 0.0943. The molecular formula is C15H17ClFN3O. The van der Waals surface area contributed by atoms with Crippen molar-refractivity contribution in [2.45, 2.75) is 26.8 Å². The van der Waals surface area contributed by atoms with Crippen LogP contribution in [-0.4, -0.2) is 22.2 Å². The van der Waals surface area contributed by atoms with Crippen LogP contribution >= 0.6 is 11.6 Å². The van der Waals surface area contributed by atoms with Crippen LogP contribution in [0, 0.1) is 12.7 Å². The second-order valence-corrected chi connectivity index (χ2v) is 5.04. The van der Waals surface area contributed by atoms with Crippen molar-refractivity contribution in [3.63, 3.8) is 0 Å². The minimum atomic E-state index is -0.293. The Balaban J connectivity index is 2.01. The van der Waals surface area contributed by atoms with Gasteiger partial charge in [0.05, 0.1) is 10.7 Å². The maximum atomic E-state index is 13.5. The quantitative estimate of drug-likeness (QED) is 0.923. The molecule has 1 aromatic heterocycles. The van der Waals surface area contributed by atoms with Gasteiger partial charge in [-0.1, -0.05) is 29.8 Å². The average Bonchev–Trinajstić information content (AvgIpc) is 2.76. The van der Waals surface area contributed by atoms with Crippen LogP contribution in [0.15, 0.2) is 24.3 Å². The van der Waals surface area contributed by atoms with E-state index >= 15 is 0 Å². The number of aromatic nitrogens is 2. The van der Waals surface area contributed by atoms with E-state index in [1.165, 1.54) is 6.07 Å². The molecule has 0 saturated carbocycles. The van der Waals surface area contributed by atoms with Crippen molar-refractivity contribution in [3.05, 3.63) is 52.1 Å². The molecule has 1 amide bonds. The highest BCUT2D eigenvalue weighted by Gasteiger charge is 2.19. The van der Waals surface area contributed by atoms with E-state index < -0.39 is 0 Å². The molecule has 0 unspecified atom stereocenters. The van der Waals surface area contributed by atoms with E-state index in [0.717, 1.165) is 0 Å². The van der Waals surface area contributed by atoms with Crippen LogP contribution in [-0.2, 0) is 13.0 Å². The van der Waals surface area contributed by atoms with E-state index in [9.17, 15) is 9.18 Å². The molecule has 0 saturated heterocycles. The van der Waals surface area contributed by atoms with Crippen LogP contribution in [0.4, 0.5) is 4.39 Å². The summed E-state index contributed by atoms with van der Waals surface area (Å²) in [4.78, 5) is 12.2. The zero-order valence-electron chi connectivity index (χ0n) is 12.0. The summed E-state index contributed by atoms with van der Waals surface area (Å²) in [6, 6.07) is 6.52. The molecule has 1 aromatic carbocycles. The molecule has 112 valence electrons. The zero-order chi connectivity index (χ0) is 15.4. The number of aryl methyl sites for hydroxylation is 2. The molecule has 0 fully saturated rings. The van der Waals surface area contributed by atoms with Crippen molar-refractivity contribution in [1.29, 1.82) is 0 Å². The van der Waals surface area contributed by atoms with Gasteiger partial charge in [0, 0.05) is 13.1 Å². The molecule has 21 heavy (non-hydrogen) atoms. The van der Waals surface area contributed by atoms with Crippen LogP contribution in [0.3, 0.4) is 0 Å². The number of amides is 1. The van der Waals surface area contributed by atoms with E-state index in [0.29, 0.717) is 41.5 Å². The van der Waals surface area contributed by atoms with E-state index in [4.69, 9.17) is 11.6 Å². The molecule has 0 bridgehead atoms. The monoisotopic (exact) mass is 309 g/mol. The fourth-order valence-electron chi connectivity index (χ4n) is 2.10. The number of carbonyl (C=O) groups excluding carboxylic acids is 1. The highest BCUT2D eigenvalue weighted by Crippen LogP contribution is 2.20. The summed E-state index contributed by atoms with van der Waals surface area (Å²) in [5.41, 5.74) is 1.55. The summed E-state index contributed by atoms with van der Waals surface area (Å²) in [7, 11) is 0. The summed E-state index contributed by atoms with van der Waals surface area (Å²) in [5.74, 6) is -0.557. The van der Waals surface area contributed by atoms with Crippen molar-refractivity contribution in [1.82, 2.24) is 15.1 Å². The number of rotatable bonds is 5. The third-order valence-corrected chi connectivity index (χ3v) is 3.66. The number of benzene rings is 1. The maximum absolute atomic E-state index is 13.5. The predicted molar refractivity (Wildman–Crippen MR) is 80.1 cm³/mol. The molecular weight excluding hydrogens is 293 g/mol. The Hall–Kier alpha value is -1.88. The second kappa shape index (κ2) is 6.72. The van der Waals surface area contributed by atoms with Crippen molar-refractivity contribution in [2.24, 2.45) is 0 Å². The molecule has 1 heterocycles. The van der Waals surface area contributed by atoms with Crippen LogP contribution < -0.4 is 5.32 Å². The van der Waals surface area contributed by atoms with E-state index in [-0.39, 0.29) is 11.7 Å². The molecule has 0 aliphatic rings. The van der Waals surface area contributed by atoms with Crippen molar-refractivity contribution >= 4 is 17.5 Å². The fraction of sp³-hybridized carbons (Fsp3) is 0.333. The van der Waals surface area contributed by atoms with Crippen molar-refractivity contribution in [3.8, 4) is 0 Å². The largest absolute Gasteiger partial charge is 0.350 e.